The lowest BCUT2D eigenvalue weighted by Gasteiger charge is -2.51. The van der Waals surface area contributed by atoms with Crippen molar-refractivity contribution < 1.29 is 0 Å². The van der Waals surface area contributed by atoms with E-state index >= 15 is 0 Å². The van der Waals surface area contributed by atoms with Crippen LogP contribution >= 0.6 is 0 Å². The summed E-state index contributed by atoms with van der Waals surface area (Å²) in [5.41, 5.74) is 1.70. The minimum absolute atomic E-state index is 0.836. The van der Waals surface area contributed by atoms with Gasteiger partial charge in [-0.2, -0.15) is 0 Å². The molecule has 3 aliphatic heterocycles. The molecule has 3 unspecified atom stereocenters. The second-order valence-corrected chi connectivity index (χ2v) is 5.41. The summed E-state index contributed by atoms with van der Waals surface area (Å²) in [6, 6.07) is 1.82. The van der Waals surface area contributed by atoms with Crippen LogP contribution in [0.5, 0.6) is 0 Å². The lowest BCUT2D eigenvalue weighted by Crippen LogP contribution is -2.50. The van der Waals surface area contributed by atoms with Crippen LogP contribution in [-0.2, 0) is 0 Å². The van der Waals surface area contributed by atoms with Crippen molar-refractivity contribution in [1.29, 1.82) is 0 Å². The highest BCUT2D eigenvalue weighted by Gasteiger charge is 2.36. The lowest BCUT2D eigenvalue weighted by atomic mass is 9.80. The summed E-state index contributed by atoms with van der Waals surface area (Å²) in [6.07, 6.45) is 12.6. The standard InChI is InChI=1S/C13H21N/c1-10-8-12-6-2-4-11-5-3-7-13(9-10)14(11)12/h8,10-11,13H,2-7,9H2,1H3. The predicted octanol–water partition coefficient (Wildman–Crippen LogP) is 3.32. The van der Waals surface area contributed by atoms with Crippen LogP contribution in [-0.4, -0.2) is 17.0 Å². The quantitative estimate of drug-likeness (QED) is 0.568. The maximum atomic E-state index is 2.80. The summed E-state index contributed by atoms with van der Waals surface area (Å²) >= 11 is 0. The number of hydrogen-bond acceptors (Lipinski definition) is 1. The van der Waals surface area contributed by atoms with E-state index in [2.05, 4.69) is 17.9 Å². The normalized spacial score (nSPS) is 41.6. The highest BCUT2D eigenvalue weighted by molar-refractivity contribution is 5.14. The minimum Gasteiger partial charge on any atom is -0.369 e. The van der Waals surface area contributed by atoms with E-state index in [9.17, 15) is 0 Å². The molecule has 78 valence electrons. The van der Waals surface area contributed by atoms with Crippen molar-refractivity contribution in [3.63, 3.8) is 0 Å². The van der Waals surface area contributed by atoms with Gasteiger partial charge in [-0.15, -0.1) is 0 Å². The van der Waals surface area contributed by atoms with E-state index in [-0.39, 0.29) is 0 Å². The molecule has 3 atom stereocenters. The van der Waals surface area contributed by atoms with Gasteiger partial charge in [0, 0.05) is 17.8 Å². The van der Waals surface area contributed by atoms with Crippen LogP contribution in [0, 0.1) is 5.92 Å². The third-order valence-electron chi connectivity index (χ3n) is 4.28. The van der Waals surface area contributed by atoms with Crippen molar-refractivity contribution in [2.24, 2.45) is 5.92 Å². The van der Waals surface area contributed by atoms with Gasteiger partial charge in [0.05, 0.1) is 0 Å². The molecule has 0 aromatic heterocycles. The molecule has 0 spiro atoms. The lowest BCUT2D eigenvalue weighted by molar-refractivity contribution is 0.0685. The van der Waals surface area contributed by atoms with Crippen molar-refractivity contribution in [2.45, 2.75) is 64.0 Å². The highest BCUT2D eigenvalue weighted by Crippen LogP contribution is 2.41. The van der Waals surface area contributed by atoms with E-state index in [1.165, 1.54) is 44.9 Å². The van der Waals surface area contributed by atoms with Crippen molar-refractivity contribution in [1.82, 2.24) is 4.90 Å². The molecule has 3 rings (SSSR count). The van der Waals surface area contributed by atoms with Gasteiger partial charge < -0.3 is 4.90 Å². The largest absolute Gasteiger partial charge is 0.369 e. The Balaban J connectivity index is 1.92. The van der Waals surface area contributed by atoms with Crippen molar-refractivity contribution in [2.75, 3.05) is 0 Å². The Bertz CT molecular complexity index is 254. The molecule has 0 amide bonds. The van der Waals surface area contributed by atoms with Crippen molar-refractivity contribution in [3.8, 4) is 0 Å². The molecule has 2 fully saturated rings. The number of rotatable bonds is 0. The van der Waals surface area contributed by atoms with Gasteiger partial charge in [0.25, 0.3) is 0 Å². The average Bonchev–Trinajstić information content (AvgIpc) is 2.18. The van der Waals surface area contributed by atoms with Gasteiger partial charge in [0.15, 0.2) is 0 Å². The van der Waals surface area contributed by atoms with Crippen LogP contribution in [0.1, 0.15) is 51.9 Å². The summed E-state index contributed by atoms with van der Waals surface area (Å²) in [7, 11) is 0. The van der Waals surface area contributed by atoms with Gasteiger partial charge in [0.2, 0.25) is 0 Å². The molecule has 0 N–H and O–H groups in total. The minimum atomic E-state index is 0.836. The van der Waals surface area contributed by atoms with E-state index in [0.717, 1.165) is 18.0 Å². The van der Waals surface area contributed by atoms with Crippen LogP contribution in [0.3, 0.4) is 0 Å². The SMILES string of the molecule is CC1C=C2CCCC3CCCC(C1)N23. The Morgan fingerprint density at radius 2 is 1.93 bits per heavy atom. The zero-order valence-corrected chi connectivity index (χ0v) is 9.21. The van der Waals surface area contributed by atoms with Gasteiger partial charge in [-0.05, 0) is 50.9 Å². The molecule has 0 bridgehead atoms. The molecule has 1 nitrogen and oxygen atoms in total. The first-order valence-electron chi connectivity index (χ1n) is 6.33. The summed E-state index contributed by atoms with van der Waals surface area (Å²) < 4.78 is 0. The van der Waals surface area contributed by atoms with Gasteiger partial charge in [-0.1, -0.05) is 13.0 Å². The summed E-state index contributed by atoms with van der Waals surface area (Å²) in [6.45, 7) is 2.39. The van der Waals surface area contributed by atoms with Crippen LogP contribution in [0.2, 0.25) is 0 Å². The Kier molecular flexibility index (Phi) is 2.07. The van der Waals surface area contributed by atoms with E-state index in [1.807, 2.05) is 0 Å². The van der Waals surface area contributed by atoms with Crippen LogP contribution in [0.15, 0.2) is 11.8 Å². The Morgan fingerprint density at radius 1 is 1.14 bits per heavy atom. The summed E-state index contributed by atoms with van der Waals surface area (Å²) in [5.74, 6) is 0.836. The van der Waals surface area contributed by atoms with Gasteiger partial charge in [0.1, 0.15) is 0 Å². The van der Waals surface area contributed by atoms with Gasteiger partial charge in [-0.3, -0.25) is 0 Å². The third kappa shape index (κ3) is 1.29. The van der Waals surface area contributed by atoms with E-state index in [1.54, 1.807) is 5.70 Å². The summed E-state index contributed by atoms with van der Waals surface area (Å²) in [4.78, 5) is 2.80. The molecule has 1 heteroatoms. The topological polar surface area (TPSA) is 3.24 Å². The fourth-order valence-corrected chi connectivity index (χ4v) is 3.79. The first-order chi connectivity index (χ1) is 6.84. The first kappa shape index (κ1) is 8.82. The van der Waals surface area contributed by atoms with Crippen molar-refractivity contribution in [3.05, 3.63) is 11.8 Å². The highest BCUT2D eigenvalue weighted by atomic mass is 15.2. The molecular formula is C13H21N. The van der Waals surface area contributed by atoms with Gasteiger partial charge >= 0.3 is 0 Å². The number of nitrogens with zero attached hydrogens (tertiary/aromatic N) is 1. The smallest absolute Gasteiger partial charge is 0.0295 e. The van der Waals surface area contributed by atoms with Crippen LogP contribution in [0.4, 0.5) is 0 Å². The van der Waals surface area contributed by atoms with E-state index in [0.29, 0.717) is 0 Å². The number of allylic oxidation sites excluding steroid dienone is 2. The monoisotopic (exact) mass is 191 g/mol. The molecule has 14 heavy (non-hydrogen) atoms. The average molecular weight is 191 g/mol. The molecule has 0 saturated carbocycles. The Labute approximate surface area is 87.2 Å². The molecule has 0 radical (unpaired) electrons. The molecule has 0 aliphatic carbocycles. The zero-order valence-electron chi connectivity index (χ0n) is 9.21. The maximum absolute atomic E-state index is 2.80. The molecule has 3 aliphatic rings. The fourth-order valence-electron chi connectivity index (χ4n) is 3.79. The van der Waals surface area contributed by atoms with Crippen molar-refractivity contribution >= 4 is 0 Å². The molecule has 3 heterocycles. The van der Waals surface area contributed by atoms with E-state index < -0.39 is 0 Å². The van der Waals surface area contributed by atoms with Crippen LogP contribution in [0.25, 0.3) is 0 Å². The Hall–Kier alpha value is -0.460. The second kappa shape index (κ2) is 3.29. The molecule has 0 aromatic rings. The number of hydrogen-bond donors (Lipinski definition) is 0. The molecular weight excluding hydrogens is 170 g/mol. The van der Waals surface area contributed by atoms with Gasteiger partial charge in [-0.25, -0.2) is 0 Å². The van der Waals surface area contributed by atoms with E-state index in [4.69, 9.17) is 0 Å². The predicted molar refractivity (Wildman–Crippen MR) is 59.0 cm³/mol. The Morgan fingerprint density at radius 3 is 2.86 bits per heavy atom. The maximum Gasteiger partial charge on any atom is 0.0295 e. The first-order valence-corrected chi connectivity index (χ1v) is 6.33. The molecule has 2 saturated heterocycles. The zero-order chi connectivity index (χ0) is 9.54. The third-order valence-corrected chi connectivity index (χ3v) is 4.28. The molecule has 0 aromatic carbocycles. The van der Waals surface area contributed by atoms with Crippen LogP contribution < -0.4 is 0 Å². The number of piperidine rings is 2. The summed E-state index contributed by atoms with van der Waals surface area (Å²) in [5, 5.41) is 0. The second-order valence-electron chi connectivity index (χ2n) is 5.41. The fraction of sp³-hybridized carbons (Fsp3) is 0.846.